The van der Waals surface area contributed by atoms with Crippen molar-refractivity contribution in [2.24, 2.45) is 0 Å². The van der Waals surface area contributed by atoms with E-state index in [0.29, 0.717) is 6.54 Å². The molecule has 1 heterocycles. The summed E-state index contributed by atoms with van der Waals surface area (Å²) < 4.78 is 32.0. The minimum atomic E-state index is -0.555. The Morgan fingerprint density at radius 3 is 3.00 bits per heavy atom. The van der Waals surface area contributed by atoms with E-state index in [1.165, 1.54) is 4.90 Å². The molecular formula is C14H18F2N2O2. The lowest BCUT2D eigenvalue weighted by Gasteiger charge is -2.20. The van der Waals surface area contributed by atoms with Gasteiger partial charge in [0.25, 0.3) is 0 Å². The van der Waals surface area contributed by atoms with Crippen molar-refractivity contribution in [3.63, 3.8) is 0 Å². The Morgan fingerprint density at radius 1 is 1.50 bits per heavy atom. The Labute approximate surface area is 116 Å². The summed E-state index contributed by atoms with van der Waals surface area (Å²) in [6.07, 6.45) is 2.01. The van der Waals surface area contributed by atoms with Crippen molar-refractivity contribution in [2.75, 3.05) is 31.6 Å². The maximum atomic E-state index is 13.5. The molecule has 0 radical (unpaired) electrons. The molecule has 0 aliphatic carbocycles. The fourth-order valence-electron chi connectivity index (χ4n) is 2.17. The van der Waals surface area contributed by atoms with Gasteiger partial charge in [0, 0.05) is 26.3 Å². The molecule has 1 aliphatic rings. The molecule has 1 fully saturated rings. The third-order valence-electron chi connectivity index (χ3n) is 3.25. The molecule has 4 nitrogen and oxygen atoms in total. The summed E-state index contributed by atoms with van der Waals surface area (Å²) in [6.45, 7) is 1.15. The van der Waals surface area contributed by atoms with Crippen molar-refractivity contribution in [1.29, 1.82) is 0 Å². The minimum absolute atomic E-state index is 0.0346. The highest BCUT2D eigenvalue weighted by atomic mass is 19.1. The van der Waals surface area contributed by atoms with Gasteiger partial charge in [-0.05, 0) is 25.0 Å². The Morgan fingerprint density at radius 2 is 2.30 bits per heavy atom. The molecule has 1 saturated heterocycles. The van der Waals surface area contributed by atoms with Gasteiger partial charge in [-0.25, -0.2) is 8.78 Å². The number of hydrogen-bond donors (Lipinski definition) is 1. The van der Waals surface area contributed by atoms with Crippen molar-refractivity contribution in [3.8, 4) is 0 Å². The fraction of sp³-hybridized carbons (Fsp3) is 0.500. The number of rotatable bonds is 5. The van der Waals surface area contributed by atoms with Gasteiger partial charge < -0.3 is 15.0 Å². The van der Waals surface area contributed by atoms with Crippen LogP contribution in [0.2, 0.25) is 0 Å². The molecule has 1 aliphatic heterocycles. The zero-order valence-electron chi connectivity index (χ0n) is 11.4. The molecule has 2 rings (SSSR count). The van der Waals surface area contributed by atoms with Gasteiger partial charge >= 0.3 is 0 Å². The second kappa shape index (κ2) is 6.65. The lowest BCUT2D eigenvalue weighted by molar-refractivity contribution is -0.120. The molecular weight excluding hydrogens is 266 g/mol. The lowest BCUT2D eigenvalue weighted by atomic mass is 10.2. The SMILES string of the molecule is CN(CC(=O)NCC1CCCO1)c1cc(F)ccc1F. The van der Waals surface area contributed by atoms with Gasteiger partial charge in [-0.3, -0.25) is 4.79 Å². The van der Waals surface area contributed by atoms with Crippen LogP contribution in [-0.4, -0.2) is 38.8 Å². The molecule has 1 aromatic carbocycles. The molecule has 0 aromatic heterocycles. The number of likely N-dealkylation sites (N-methyl/N-ethyl adjacent to an activating group) is 1. The first-order valence-electron chi connectivity index (χ1n) is 6.61. The summed E-state index contributed by atoms with van der Waals surface area (Å²) in [6, 6.07) is 3.16. The van der Waals surface area contributed by atoms with Crippen LogP contribution in [-0.2, 0) is 9.53 Å². The van der Waals surface area contributed by atoms with Gasteiger partial charge in [0.1, 0.15) is 11.6 Å². The van der Waals surface area contributed by atoms with E-state index in [9.17, 15) is 13.6 Å². The van der Waals surface area contributed by atoms with Gasteiger partial charge in [0.05, 0.1) is 18.3 Å². The normalized spacial score (nSPS) is 18.1. The number of anilines is 1. The van der Waals surface area contributed by atoms with Crippen LogP contribution < -0.4 is 10.2 Å². The van der Waals surface area contributed by atoms with E-state index in [1.54, 1.807) is 7.05 Å². The number of carbonyl (C=O) groups is 1. The van der Waals surface area contributed by atoms with E-state index in [4.69, 9.17) is 4.74 Å². The quantitative estimate of drug-likeness (QED) is 0.894. The van der Waals surface area contributed by atoms with Gasteiger partial charge in [0.2, 0.25) is 5.91 Å². The molecule has 20 heavy (non-hydrogen) atoms. The third-order valence-corrected chi connectivity index (χ3v) is 3.25. The van der Waals surface area contributed by atoms with Crippen LogP contribution >= 0.6 is 0 Å². The molecule has 110 valence electrons. The highest BCUT2D eigenvalue weighted by Crippen LogP contribution is 2.18. The first-order chi connectivity index (χ1) is 9.56. The Bertz CT molecular complexity index is 476. The van der Waals surface area contributed by atoms with Gasteiger partial charge in [0.15, 0.2) is 0 Å². The number of carbonyl (C=O) groups excluding carboxylic acids is 1. The number of amides is 1. The average molecular weight is 284 g/mol. The van der Waals surface area contributed by atoms with Crippen LogP contribution in [0.5, 0.6) is 0 Å². The molecule has 1 N–H and O–H groups in total. The van der Waals surface area contributed by atoms with Crippen LogP contribution in [0.3, 0.4) is 0 Å². The standard InChI is InChI=1S/C14H18F2N2O2/c1-18(13-7-10(15)4-5-12(13)16)9-14(19)17-8-11-3-2-6-20-11/h4-5,7,11H,2-3,6,8-9H2,1H3,(H,17,19). The van der Waals surface area contributed by atoms with Crippen LogP contribution in [0.4, 0.5) is 14.5 Å². The van der Waals surface area contributed by atoms with E-state index >= 15 is 0 Å². The Kier molecular flexibility index (Phi) is 4.89. The second-order valence-corrected chi connectivity index (χ2v) is 4.89. The van der Waals surface area contributed by atoms with Crippen LogP contribution in [0.15, 0.2) is 18.2 Å². The summed E-state index contributed by atoms with van der Waals surface area (Å²) >= 11 is 0. The van der Waals surface area contributed by atoms with E-state index in [0.717, 1.165) is 37.6 Å². The van der Waals surface area contributed by atoms with Crippen LogP contribution in [0.25, 0.3) is 0 Å². The Hall–Kier alpha value is -1.69. The molecule has 0 saturated carbocycles. The first-order valence-corrected chi connectivity index (χ1v) is 6.61. The number of benzene rings is 1. The number of hydrogen-bond acceptors (Lipinski definition) is 3. The predicted molar refractivity (Wildman–Crippen MR) is 71.6 cm³/mol. The maximum Gasteiger partial charge on any atom is 0.239 e. The van der Waals surface area contributed by atoms with Crippen molar-refractivity contribution in [2.45, 2.75) is 18.9 Å². The van der Waals surface area contributed by atoms with Crippen molar-refractivity contribution in [1.82, 2.24) is 5.32 Å². The smallest absolute Gasteiger partial charge is 0.239 e. The van der Waals surface area contributed by atoms with Crippen molar-refractivity contribution >= 4 is 11.6 Å². The van der Waals surface area contributed by atoms with E-state index in [-0.39, 0.29) is 24.2 Å². The number of halogens is 2. The number of ether oxygens (including phenoxy) is 1. The van der Waals surface area contributed by atoms with E-state index in [2.05, 4.69) is 5.32 Å². The largest absolute Gasteiger partial charge is 0.376 e. The lowest BCUT2D eigenvalue weighted by Crippen LogP contribution is -2.39. The minimum Gasteiger partial charge on any atom is -0.376 e. The average Bonchev–Trinajstić information content (AvgIpc) is 2.92. The molecule has 0 bridgehead atoms. The summed E-state index contributed by atoms with van der Waals surface area (Å²) in [5.74, 6) is -1.33. The molecule has 1 amide bonds. The molecule has 0 spiro atoms. The molecule has 1 unspecified atom stereocenters. The third kappa shape index (κ3) is 3.90. The summed E-state index contributed by atoms with van der Waals surface area (Å²) in [7, 11) is 1.55. The van der Waals surface area contributed by atoms with Gasteiger partial charge in [-0.2, -0.15) is 0 Å². The highest BCUT2D eigenvalue weighted by Gasteiger charge is 2.17. The molecule has 1 aromatic rings. The van der Waals surface area contributed by atoms with Gasteiger partial charge in [-0.1, -0.05) is 0 Å². The van der Waals surface area contributed by atoms with Crippen molar-refractivity contribution < 1.29 is 18.3 Å². The monoisotopic (exact) mass is 284 g/mol. The van der Waals surface area contributed by atoms with Gasteiger partial charge in [-0.15, -0.1) is 0 Å². The van der Waals surface area contributed by atoms with Crippen LogP contribution in [0.1, 0.15) is 12.8 Å². The van der Waals surface area contributed by atoms with Crippen molar-refractivity contribution in [3.05, 3.63) is 29.8 Å². The topological polar surface area (TPSA) is 41.6 Å². The predicted octanol–water partition coefficient (Wildman–Crippen LogP) is 1.70. The van der Waals surface area contributed by atoms with E-state index in [1.807, 2.05) is 0 Å². The number of nitrogens with zero attached hydrogens (tertiary/aromatic N) is 1. The maximum absolute atomic E-state index is 13.5. The summed E-state index contributed by atoms with van der Waals surface area (Å²) in [5.41, 5.74) is 0.0669. The summed E-state index contributed by atoms with van der Waals surface area (Å²) in [5, 5.41) is 2.74. The first kappa shape index (κ1) is 14.7. The van der Waals surface area contributed by atoms with E-state index < -0.39 is 11.6 Å². The van der Waals surface area contributed by atoms with Crippen LogP contribution in [0, 0.1) is 11.6 Å². The zero-order valence-corrected chi connectivity index (χ0v) is 11.4. The molecule has 1 atom stereocenters. The fourth-order valence-corrected chi connectivity index (χ4v) is 2.17. The second-order valence-electron chi connectivity index (χ2n) is 4.89. The number of nitrogens with one attached hydrogen (secondary N) is 1. The Balaban J connectivity index is 1.85. The summed E-state index contributed by atoms with van der Waals surface area (Å²) in [4.78, 5) is 13.1. The molecule has 6 heteroatoms. The highest BCUT2D eigenvalue weighted by molar-refractivity contribution is 5.81. The zero-order chi connectivity index (χ0) is 14.5.